The fourth-order valence-corrected chi connectivity index (χ4v) is 2.28. The van der Waals surface area contributed by atoms with Gasteiger partial charge < -0.3 is 5.73 Å². The minimum Gasteiger partial charge on any atom is -0.398 e. The Hall–Kier alpha value is -1.07. The molecular formula is C10H16N2O2S. The second-order valence-corrected chi connectivity index (χ2v) is 5.27. The van der Waals surface area contributed by atoms with Gasteiger partial charge in [-0.25, -0.2) is 13.1 Å². The van der Waals surface area contributed by atoms with E-state index in [9.17, 15) is 8.42 Å². The number of hydrogen-bond acceptors (Lipinski definition) is 3. The summed E-state index contributed by atoms with van der Waals surface area (Å²) in [6, 6.07) is 7.21. The van der Waals surface area contributed by atoms with Crippen LogP contribution in [0.15, 0.2) is 24.3 Å². The van der Waals surface area contributed by atoms with Crippen molar-refractivity contribution in [1.82, 2.24) is 4.72 Å². The molecule has 0 amide bonds. The highest BCUT2D eigenvalue weighted by Gasteiger charge is 2.08. The van der Waals surface area contributed by atoms with Crippen LogP contribution in [0.3, 0.4) is 0 Å². The van der Waals surface area contributed by atoms with Crippen molar-refractivity contribution >= 4 is 15.7 Å². The molecule has 0 atom stereocenters. The number of anilines is 1. The van der Waals surface area contributed by atoms with E-state index in [-0.39, 0.29) is 12.3 Å². The van der Waals surface area contributed by atoms with Crippen LogP contribution in [-0.2, 0) is 16.6 Å². The predicted molar refractivity (Wildman–Crippen MR) is 61.8 cm³/mol. The first-order valence-corrected chi connectivity index (χ1v) is 6.51. The van der Waals surface area contributed by atoms with E-state index in [2.05, 4.69) is 4.72 Å². The molecule has 1 aromatic carbocycles. The highest BCUT2D eigenvalue weighted by Crippen LogP contribution is 2.10. The van der Waals surface area contributed by atoms with E-state index in [1.54, 1.807) is 6.07 Å². The first-order valence-electron chi connectivity index (χ1n) is 4.86. The quantitative estimate of drug-likeness (QED) is 0.741. The summed E-state index contributed by atoms with van der Waals surface area (Å²) in [6.45, 7) is 2.09. The van der Waals surface area contributed by atoms with Gasteiger partial charge in [0.1, 0.15) is 0 Å². The molecule has 15 heavy (non-hydrogen) atoms. The molecule has 0 fully saturated rings. The lowest BCUT2D eigenvalue weighted by atomic mass is 10.2. The van der Waals surface area contributed by atoms with Gasteiger partial charge in [0, 0.05) is 12.2 Å². The van der Waals surface area contributed by atoms with E-state index >= 15 is 0 Å². The van der Waals surface area contributed by atoms with Crippen molar-refractivity contribution in [3.05, 3.63) is 29.8 Å². The van der Waals surface area contributed by atoms with Crippen molar-refractivity contribution in [3.63, 3.8) is 0 Å². The first-order chi connectivity index (χ1) is 7.05. The van der Waals surface area contributed by atoms with Gasteiger partial charge in [-0.05, 0) is 18.1 Å². The number of nitrogens with two attached hydrogens (primary N) is 1. The second kappa shape index (κ2) is 5.14. The average Bonchev–Trinajstić information content (AvgIpc) is 2.16. The van der Waals surface area contributed by atoms with E-state index in [1.165, 1.54) is 0 Å². The summed E-state index contributed by atoms with van der Waals surface area (Å²) in [5.74, 6) is 0.153. The molecule has 5 heteroatoms. The summed E-state index contributed by atoms with van der Waals surface area (Å²) in [5.41, 5.74) is 7.10. The lowest BCUT2D eigenvalue weighted by Crippen LogP contribution is -2.25. The largest absolute Gasteiger partial charge is 0.398 e. The molecule has 0 aliphatic heterocycles. The second-order valence-electron chi connectivity index (χ2n) is 3.34. The third kappa shape index (κ3) is 3.89. The summed E-state index contributed by atoms with van der Waals surface area (Å²) >= 11 is 0. The van der Waals surface area contributed by atoms with Crippen molar-refractivity contribution in [1.29, 1.82) is 0 Å². The Kier molecular flexibility index (Phi) is 4.11. The maximum Gasteiger partial charge on any atom is 0.211 e. The van der Waals surface area contributed by atoms with Crippen LogP contribution in [0.5, 0.6) is 0 Å². The Morgan fingerprint density at radius 1 is 1.33 bits per heavy atom. The van der Waals surface area contributed by atoms with Gasteiger partial charge in [0.15, 0.2) is 0 Å². The van der Waals surface area contributed by atoms with Crippen molar-refractivity contribution in [2.45, 2.75) is 19.9 Å². The van der Waals surface area contributed by atoms with Crippen molar-refractivity contribution in [2.75, 3.05) is 11.5 Å². The van der Waals surface area contributed by atoms with E-state index in [0.717, 1.165) is 5.56 Å². The van der Waals surface area contributed by atoms with Gasteiger partial charge in [0.05, 0.1) is 5.75 Å². The number of nitrogens with one attached hydrogen (secondary N) is 1. The molecule has 3 N–H and O–H groups in total. The van der Waals surface area contributed by atoms with Gasteiger partial charge in [0.2, 0.25) is 10.0 Å². The number of nitrogen functional groups attached to an aromatic ring is 1. The monoisotopic (exact) mass is 228 g/mol. The van der Waals surface area contributed by atoms with Crippen LogP contribution in [-0.4, -0.2) is 14.2 Å². The van der Waals surface area contributed by atoms with Gasteiger partial charge in [0.25, 0.3) is 0 Å². The molecule has 0 aromatic heterocycles. The number of rotatable bonds is 5. The van der Waals surface area contributed by atoms with Gasteiger partial charge in [-0.2, -0.15) is 0 Å². The molecule has 0 bridgehead atoms. The van der Waals surface area contributed by atoms with E-state index in [0.29, 0.717) is 12.1 Å². The lowest BCUT2D eigenvalue weighted by molar-refractivity contribution is 0.580. The highest BCUT2D eigenvalue weighted by molar-refractivity contribution is 7.89. The topological polar surface area (TPSA) is 72.2 Å². The lowest BCUT2D eigenvalue weighted by Gasteiger charge is -2.07. The zero-order chi connectivity index (χ0) is 11.3. The molecule has 0 saturated carbocycles. The zero-order valence-corrected chi connectivity index (χ0v) is 9.55. The van der Waals surface area contributed by atoms with Crippen molar-refractivity contribution in [3.8, 4) is 0 Å². The smallest absolute Gasteiger partial charge is 0.211 e. The zero-order valence-electron chi connectivity index (χ0n) is 8.73. The van der Waals surface area contributed by atoms with Crippen LogP contribution in [0.25, 0.3) is 0 Å². The fraction of sp³-hybridized carbons (Fsp3) is 0.400. The van der Waals surface area contributed by atoms with Crippen LogP contribution in [0.2, 0.25) is 0 Å². The standard InChI is InChI=1S/C10H16N2O2S/c1-2-7-15(13,14)12-8-9-5-3-4-6-10(9)11/h3-6,12H,2,7-8,11H2,1H3. The van der Waals surface area contributed by atoms with Crippen LogP contribution < -0.4 is 10.5 Å². The van der Waals surface area contributed by atoms with E-state index in [1.807, 2.05) is 25.1 Å². The Labute approximate surface area is 90.5 Å². The number of para-hydroxylation sites is 1. The Morgan fingerprint density at radius 2 is 2.00 bits per heavy atom. The summed E-state index contributed by atoms with van der Waals surface area (Å²) in [7, 11) is -3.15. The molecular weight excluding hydrogens is 212 g/mol. The molecule has 1 aromatic rings. The number of benzene rings is 1. The Bertz CT molecular complexity index is 415. The van der Waals surface area contributed by atoms with E-state index in [4.69, 9.17) is 5.73 Å². The highest BCUT2D eigenvalue weighted by atomic mass is 32.2. The molecule has 0 unspecified atom stereocenters. The first kappa shape index (κ1) is 12.0. The molecule has 0 spiro atoms. The summed E-state index contributed by atoms with van der Waals surface area (Å²) in [6.07, 6.45) is 0.611. The normalized spacial score (nSPS) is 11.5. The number of sulfonamides is 1. The fourth-order valence-electron chi connectivity index (χ4n) is 1.22. The Balaban J connectivity index is 2.62. The SMILES string of the molecule is CCCS(=O)(=O)NCc1ccccc1N. The van der Waals surface area contributed by atoms with Crippen LogP contribution in [0, 0.1) is 0 Å². The van der Waals surface area contributed by atoms with Crippen LogP contribution in [0.4, 0.5) is 5.69 Å². The molecule has 0 aliphatic rings. The molecule has 0 heterocycles. The molecule has 84 valence electrons. The summed E-state index contributed by atoms with van der Waals surface area (Å²) < 4.78 is 25.2. The average molecular weight is 228 g/mol. The van der Waals surface area contributed by atoms with Gasteiger partial charge in [-0.15, -0.1) is 0 Å². The van der Waals surface area contributed by atoms with Gasteiger partial charge >= 0.3 is 0 Å². The van der Waals surface area contributed by atoms with Gasteiger partial charge in [-0.1, -0.05) is 25.1 Å². The molecule has 1 rings (SSSR count). The maximum absolute atomic E-state index is 11.4. The molecule has 0 aliphatic carbocycles. The Morgan fingerprint density at radius 3 is 2.60 bits per heavy atom. The summed E-state index contributed by atoms with van der Waals surface area (Å²) in [5, 5.41) is 0. The molecule has 0 radical (unpaired) electrons. The third-order valence-electron chi connectivity index (χ3n) is 2.01. The van der Waals surface area contributed by atoms with Crippen molar-refractivity contribution in [2.24, 2.45) is 0 Å². The minimum absolute atomic E-state index is 0.153. The minimum atomic E-state index is -3.15. The van der Waals surface area contributed by atoms with Crippen LogP contribution in [0.1, 0.15) is 18.9 Å². The molecule has 4 nitrogen and oxygen atoms in total. The predicted octanol–water partition coefficient (Wildman–Crippen LogP) is 1.10. The van der Waals surface area contributed by atoms with Crippen molar-refractivity contribution < 1.29 is 8.42 Å². The summed E-state index contributed by atoms with van der Waals surface area (Å²) in [4.78, 5) is 0. The van der Waals surface area contributed by atoms with Crippen LogP contribution >= 0.6 is 0 Å². The maximum atomic E-state index is 11.4. The van der Waals surface area contributed by atoms with E-state index < -0.39 is 10.0 Å². The van der Waals surface area contributed by atoms with Gasteiger partial charge in [-0.3, -0.25) is 0 Å². The third-order valence-corrected chi connectivity index (χ3v) is 3.54. The number of hydrogen-bond donors (Lipinski definition) is 2. The molecule has 0 saturated heterocycles.